The second kappa shape index (κ2) is 7.74. The summed E-state index contributed by atoms with van der Waals surface area (Å²) in [5.74, 6) is 5.50. The Labute approximate surface area is 117 Å². The number of allylic oxidation sites excluding steroid dienone is 4. The van der Waals surface area contributed by atoms with Gasteiger partial charge < -0.3 is 0 Å². The standard InChI is InChI=1S/C17H24O2/c1-13(2)9-7-11-17(5,6)12-8-10-16(14(3)18)15(4)19/h9-10H,7,11H2,1-6H3. The molecule has 19 heavy (non-hydrogen) atoms. The van der Waals surface area contributed by atoms with Crippen LogP contribution in [0.5, 0.6) is 0 Å². The lowest BCUT2D eigenvalue weighted by atomic mass is 9.88. The lowest BCUT2D eigenvalue weighted by molar-refractivity contribution is -0.119. The number of Topliss-reactive ketones (excluding diaryl/α,β-unsaturated/α-hetero) is 2. The van der Waals surface area contributed by atoms with Crippen LogP contribution in [0.15, 0.2) is 23.3 Å². The Bertz CT molecular complexity index is 445. The molecular formula is C17H24O2. The third-order valence-corrected chi connectivity index (χ3v) is 2.71. The van der Waals surface area contributed by atoms with Crippen molar-refractivity contribution in [2.75, 3.05) is 0 Å². The van der Waals surface area contributed by atoms with E-state index in [4.69, 9.17) is 0 Å². The van der Waals surface area contributed by atoms with E-state index in [2.05, 4.69) is 45.6 Å². The second-order valence-corrected chi connectivity index (χ2v) is 5.64. The monoisotopic (exact) mass is 260 g/mol. The molecule has 0 amide bonds. The van der Waals surface area contributed by atoms with E-state index in [0.29, 0.717) is 0 Å². The van der Waals surface area contributed by atoms with Crippen LogP contribution in [0.25, 0.3) is 0 Å². The summed E-state index contributed by atoms with van der Waals surface area (Å²) in [5.41, 5.74) is 1.35. The van der Waals surface area contributed by atoms with Crippen molar-refractivity contribution < 1.29 is 9.59 Å². The highest BCUT2D eigenvalue weighted by Crippen LogP contribution is 2.21. The first-order chi connectivity index (χ1) is 8.65. The third kappa shape index (κ3) is 8.15. The minimum Gasteiger partial charge on any atom is -0.294 e. The average Bonchev–Trinajstić information content (AvgIpc) is 2.22. The van der Waals surface area contributed by atoms with Crippen molar-refractivity contribution in [3.05, 3.63) is 23.3 Å². The highest BCUT2D eigenvalue weighted by molar-refractivity contribution is 6.18. The van der Waals surface area contributed by atoms with E-state index in [0.717, 1.165) is 12.8 Å². The molecule has 0 saturated heterocycles. The maximum atomic E-state index is 11.2. The Hall–Kier alpha value is -1.62. The zero-order valence-electron chi connectivity index (χ0n) is 12.9. The van der Waals surface area contributed by atoms with Gasteiger partial charge in [0.2, 0.25) is 0 Å². The first-order valence-corrected chi connectivity index (χ1v) is 6.54. The first-order valence-electron chi connectivity index (χ1n) is 6.54. The molecule has 0 aliphatic rings. The van der Waals surface area contributed by atoms with E-state index in [1.807, 2.05) is 0 Å². The molecule has 0 fully saturated rings. The summed E-state index contributed by atoms with van der Waals surface area (Å²) >= 11 is 0. The Morgan fingerprint density at radius 2 is 1.58 bits per heavy atom. The number of carbonyl (C=O) groups is 2. The molecule has 2 heteroatoms. The number of ketones is 2. The Morgan fingerprint density at radius 3 is 2.00 bits per heavy atom. The van der Waals surface area contributed by atoms with Crippen molar-refractivity contribution in [2.24, 2.45) is 5.41 Å². The lowest BCUT2D eigenvalue weighted by Gasteiger charge is -2.15. The van der Waals surface area contributed by atoms with Crippen LogP contribution in [0.2, 0.25) is 0 Å². The molecule has 0 spiro atoms. The van der Waals surface area contributed by atoms with Gasteiger partial charge in [0.15, 0.2) is 11.6 Å². The van der Waals surface area contributed by atoms with Crippen molar-refractivity contribution in [3.63, 3.8) is 0 Å². The van der Waals surface area contributed by atoms with E-state index in [-0.39, 0.29) is 22.6 Å². The maximum absolute atomic E-state index is 11.2. The summed E-state index contributed by atoms with van der Waals surface area (Å²) < 4.78 is 0. The van der Waals surface area contributed by atoms with E-state index in [1.165, 1.54) is 25.5 Å². The molecular weight excluding hydrogens is 236 g/mol. The quantitative estimate of drug-likeness (QED) is 0.247. The number of hydrogen-bond acceptors (Lipinski definition) is 2. The van der Waals surface area contributed by atoms with Gasteiger partial charge >= 0.3 is 0 Å². The van der Waals surface area contributed by atoms with Gasteiger partial charge in [0.1, 0.15) is 0 Å². The van der Waals surface area contributed by atoms with Gasteiger partial charge in [-0.3, -0.25) is 9.59 Å². The Balaban J connectivity index is 4.79. The van der Waals surface area contributed by atoms with Crippen LogP contribution in [0, 0.1) is 17.3 Å². The zero-order valence-corrected chi connectivity index (χ0v) is 12.9. The fourth-order valence-electron chi connectivity index (χ4n) is 1.54. The fraction of sp³-hybridized carbons (Fsp3) is 0.529. The molecule has 0 aromatic carbocycles. The van der Waals surface area contributed by atoms with E-state index < -0.39 is 0 Å². The Morgan fingerprint density at radius 1 is 1.05 bits per heavy atom. The SMILES string of the molecule is CC(=O)C(=CC#CC(C)(C)CCC=C(C)C)C(C)=O. The van der Waals surface area contributed by atoms with Gasteiger partial charge in [-0.05, 0) is 54.4 Å². The van der Waals surface area contributed by atoms with Gasteiger partial charge in [0.05, 0.1) is 5.57 Å². The minimum atomic E-state index is -0.232. The summed E-state index contributed by atoms with van der Waals surface area (Å²) in [6.45, 7) is 11.0. The maximum Gasteiger partial charge on any atom is 0.164 e. The molecule has 0 aromatic heterocycles. The summed E-state index contributed by atoms with van der Waals surface area (Å²) in [7, 11) is 0. The topological polar surface area (TPSA) is 34.1 Å². The van der Waals surface area contributed by atoms with Gasteiger partial charge in [-0.2, -0.15) is 0 Å². The average molecular weight is 260 g/mol. The van der Waals surface area contributed by atoms with Crippen LogP contribution in [0.4, 0.5) is 0 Å². The highest BCUT2D eigenvalue weighted by atomic mass is 16.1. The molecule has 0 aliphatic carbocycles. The molecule has 104 valence electrons. The minimum absolute atomic E-state index is 0.124. The fourth-order valence-corrected chi connectivity index (χ4v) is 1.54. The van der Waals surface area contributed by atoms with Gasteiger partial charge in [-0.15, -0.1) is 0 Å². The normalized spacial score (nSPS) is 10.0. The van der Waals surface area contributed by atoms with Crippen LogP contribution in [-0.2, 0) is 9.59 Å². The van der Waals surface area contributed by atoms with E-state index in [1.54, 1.807) is 0 Å². The van der Waals surface area contributed by atoms with Crippen LogP contribution >= 0.6 is 0 Å². The van der Waals surface area contributed by atoms with Crippen LogP contribution in [-0.4, -0.2) is 11.6 Å². The number of hydrogen-bond donors (Lipinski definition) is 0. The van der Waals surface area contributed by atoms with Gasteiger partial charge in [0.25, 0.3) is 0 Å². The molecule has 0 heterocycles. The smallest absolute Gasteiger partial charge is 0.164 e. The summed E-state index contributed by atoms with van der Waals surface area (Å²) in [4.78, 5) is 22.4. The van der Waals surface area contributed by atoms with Crippen LogP contribution < -0.4 is 0 Å². The second-order valence-electron chi connectivity index (χ2n) is 5.64. The van der Waals surface area contributed by atoms with Crippen molar-refractivity contribution in [1.82, 2.24) is 0 Å². The molecule has 0 saturated carbocycles. The summed E-state index contributed by atoms with van der Waals surface area (Å²) in [6.07, 6.45) is 5.57. The largest absolute Gasteiger partial charge is 0.294 e. The van der Waals surface area contributed by atoms with Crippen LogP contribution in [0.3, 0.4) is 0 Å². The molecule has 2 nitrogen and oxygen atoms in total. The van der Waals surface area contributed by atoms with Gasteiger partial charge in [-0.25, -0.2) is 0 Å². The van der Waals surface area contributed by atoms with Crippen molar-refractivity contribution in [3.8, 4) is 11.8 Å². The molecule has 0 aliphatic heterocycles. The molecule has 0 bridgehead atoms. The molecule has 0 radical (unpaired) electrons. The number of carbonyl (C=O) groups excluding carboxylic acids is 2. The van der Waals surface area contributed by atoms with Gasteiger partial charge in [-0.1, -0.05) is 23.5 Å². The number of rotatable bonds is 5. The zero-order chi connectivity index (χ0) is 15.1. The predicted molar refractivity (Wildman–Crippen MR) is 79.7 cm³/mol. The molecule has 0 rings (SSSR count). The van der Waals surface area contributed by atoms with Crippen LogP contribution in [0.1, 0.15) is 54.4 Å². The first kappa shape index (κ1) is 17.4. The van der Waals surface area contributed by atoms with E-state index in [9.17, 15) is 9.59 Å². The molecule has 0 aromatic rings. The van der Waals surface area contributed by atoms with E-state index >= 15 is 0 Å². The third-order valence-electron chi connectivity index (χ3n) is 2.71. The molecule has 0 unspecified atom stereocenters. The highest BCUT2D eigenvalue weighted by Gasteiger charge is 2.13. The lowest BCUT2D eigenvalue weighted by Crippen LogP contribution is -2.08. The molecule has 0 N–H and O–H groups in total. The summed E-state index contributed by atoms with van der Waals surface area (Å²) in [6, 6.07) is 0. The van der Waals surface area contributed by atoms with Crippen molar-refractivity contribution >= 4 is 11.6 Å². The Kier molecular flexibility index (Phi) is 7.08. The predicted octanol–water partition coefficient (Wildman–Crippen LogP) is 3.87. The van der Waals surface area contributed by atoms with Gasteiger partial charge in [0, 0.05) is 11.5 Å². The van der Waals surface area contributed by atoms with Crippen molar-refractivity contribution in [2.45, 2.75) is 54.4 Å². The van der Waals surface area contributed by atoms with Crippen molar-refractivity contribution in [1.29, 1.82) is 0 Å². The molecule has 0 atom stereocenters. The summed E-state index contributed by atoms with van der Waals surface area (Å²) in [5, 5.41) is 0.